The largest absolute Gasteiger partial charge is 0.354 e. The van der Waals surface area contributed by atoms with Gasteiger partial charge in [-0.1, -0.05) is 12.8 Å². The number of carbonyl (C=O) groups excluding carboxylic acids is 1. The van der Waals surface area contributed by atoms with Crippen molar-refractivity contribution in [2.24, 2.45) is 12.0 Å². The Morgan fingerprint density at radius 3 is 2.56 bits per heavy atom. The van der Waals surface area contributed by atoms with Crippen molar-refractivity contribution in [1.82, 2.24) is 30.7 Å². The van der Waals surface area contributed by atoms with Crippen molar-refractivity contribution in [2.75, 3.05) is 6.54 Å². The zero-order chi connectivity index (χ0) is 16.9. The maximum absolute atomic E-state index is 11.3. The van der Waals surface area contributed by atoms with Gasteiger partial charge in [0.15, 0.2) is 11.8 Å². The first-order valence-electron chi connectivity index (χ1n) is 8.81. The standard InChI is InChI=1S/C16H27N7O.HI/c1-11-21-22-14(23(11)2)10-18-16(19-12-5-3-4-6-12)20-13-7-8-15(24)17-9-13;/h12-13H,3-10H2,1-2H3,(H,17,24)(H2,18,19,20);1H. The Kier molecular flexibility index (Phi) is 7.45. The number of piperidine rings is 1. The van der Waals surface area contributed by atoms with Gasteiger partial charge in [-0.25, -0.2) is 4.99 Å². The third-order valence-corrected chi connectivity index (χ3v) is 4.86. The van der Waals surface area contributed by atoms with Gasteiger partial charge >= 0.3 is 0 Å². The fraction of sp³-hybridized carbons (Fsp3) is 0.750. The van der Waals surface area contributed by atoms with E-state index in [1.54, 1.807) is 0 Å². The lowest BCUT2D eigenvalue weighted by Gasteiger charge is -2.26. The van der Waals surface area contributed by atoms with E-state index < -0.39 is 0 Å². The molecule has 1 aromatic rings. The molecule has 9 heteroatoms. The predicted molar refractivity (Wildman–Crippen MR) is 107 cm³/mol. The average Bonchev–Trinajstić information content (AvgIpc) is 3.19. The van der Waals surface area contributed by atoms with E-state index in [1.807, 2.05) is 18.5 Å². The number of aliphatic imine (C=N–C) groups is 1. The van der Waals surface area contributed by atoms with Gasteiger partial charge in [-0.15, -0.1) is 34.2 Å². The summed E-state index contributed by atoms with van der Waals surface area (Å²) in [6, 6.07) is 0.701. The maximum atomic E-state index is 11.3. The number of nitrogens with one attached hydrogen (secondary N) is 3. The molecule has 2 aliphatic rings. The quantitative estimate of drug-likeness (QED) is 0.353. The highest BCUT2D eigenvalue weighted by Gasteiger charge is 2.21. The predicted octanol–water partition coefficient (Wildman–Crippen LogP) is 0.998. The number of hydrogen-bond donors (Lipinski definition) is 3. The number of hydrogen-bond acceptors (Lipinski definition) is 4. The summed E-state index contributed by atoms with van der Waals surface area (Å²) in [6.45, 7) is 3.06. The van der Waals surface area contributed by atoms with Gasteiger partial charge in [-0.3, -0.25) is 4.79 Å². The summed E-state index contributed by atoms with van der Waals surface area (Å²) in [5.74, 6) is 2.67. The molecule has 0 aromatic carbocycles. The molecule has 1 saturated carbocycles. The van der Waals surface area contributed by atoms with E-state index in [1.165, 1.54) is 25.7 Å². The fourth-order valence-electron chi connectivity index (χ4n) is 3.18. The SMILES string of the molecule is Cc1nnc(CN=C(NC2CCCC2)NC2CCC(=O)NC2)n1C.I. The number of amides is 1. The molecule has 25 heavy (non-hydrogen) atoms. The molecule has 1 aliphatic carbocycles. The number of aryl methyl sites for hydroxylation is 1. The van der Waals surface area contributed by atoms with Gasteiger partial charge in [0, 0.05) is 32.1 Å². The molecule has 8 nitrogen and oxygen atoms in total. The lowest BCUT2D eigenvalue weighted by molar-refractivity contribution is -0.122. The van der Waals surface area contributed by atoms with E-state index in [0.717, 1.165) is 24.0 Å². The van der Waals surface area contributed by atoms with Crippen molar-refractivity contribution in [3.05, 3.63) is 11.6 Å². The highest BCUT2D eigenvalue weighted by atomic mass is 127. The summed E-state index contributed by atoms with van der Waals surface area (Å²) in [6.07, 6.45) is 6.31. The lowest BCUT2D eigenvalue weighted by atomic mass is 10.1. The number of aromatic nitrogens is 3. The number of nitrogens with zero attached hydrogens (tertiary/aromatic N) is 4. The van der Waals surface area contributed by atoms with Crippen LogP contribution in [0.5, 0.6) is 0 Å². The van der Waals surface area contributed by atoms with Crippen LogP contribution < -0.4 is 16.0 Å². The molecule has 2 fully saturated rings. The minimum absolute atomic E-state index is 0. The maximum Gasteiger partial charge on any atom is 0.220 e. The molecule has 1 aromatic heterocycles. The summed E-state index contributed by atoms with van der Waals surface area (Å²) >= 11 is 0. The van der Waals surface area contributed by atoms with Crippen molar-refractivity contribution in [1.29, 1.82) is 0 Å². The molecular formula is C16H28IN7O. The van der Waals surface area contributed by atoms with E-state index >= 15 is 0 Å². The summed E-state index contributed by atoms with van der Waals surface area (Å²) in [5.41, 5.74) is 0. The van der Waals surface area contributed by atoms with E-state index in [9.17, 15) is 4.79 Å². The monoisotopic (exact) mass is 461 g/mol. The van der Waals surface area contributed by atoms with Gasteiger partial charge in [0.25, 0.3) is 0 Å². The van der Waals surface area contributed by atoms with Gasteiger partial charge < -0.3 is 20.5 Å². The number of rotatable bonds is 4. The summed E-state index contributed by atoms with van der Waals surface area (Å²) in [4.78, 5) is 16.0. The van der Waals surface area contributed by atoms with Crippen LogP contribution >= 0.6 is 24.0 Å². The zero-order valence-electron chi connectivity index (χ0n) is 14.9. The van der Waals surface area contributed by atoms with Crippen molar-refractivity contribution >= 4 is 35.8 Å². The summed E-state index contributed by atoms with van der Waals surface area (Å²) in [7, 11) is 1.95. The van der Waals surface area contributed by atoms with Crippen LogP contribution in [0.1, 0.15) is 50.2 Å². The Labute approximate surface area is 165 Å². The minimum Gasteiger partial charge on any atom is -0.354 e. The number of halogens is 1. The Morgan fingerprint density at radius 2 is 1.96 bits per heavy atom. The molecule has 1 amide bonds. The molecule has 1 atom stereocenters. The fourth-order valence-corrected chi connectivity index (χ4v) is 3.18. The molecule has 1 unspecified atom stereocenters. The van der Waals surface area contributed by atoms with E-state index in [4.69, 9.17) is 4.99 Å². The number of guanidine groups is 1. The van der Waals surface area contributed by atoms with E-state index in [0.29, 0.717) is 25.6 Å². The zero-order valence-corrected chi connectivity index (χ0v) is 17.2. The first kappa shape index (κ1) is 19.9. The van der Waals surface area contributed by atoms with Crippen LogP contribution in [-0.4, -0.2) is 45.3 Å². The topological polar surface area (TPSA) is 96.2 Å². The van der Waals surface area contributed by atoms with Crippen molar-refractivity contribution in [2.45, 2.75) is 64.1 Å². The second-order valence-corrected chi connectivity index (χ2v) is 6.70. The second kappa shape index (κ2) is 9.35. The molecule has 3 rings (SSSR count). The van der Waals surface area contributed by atoms with E-state index in [2.05, 4.69) is 26.1 Å². The number of carbonyl (C=O) groups is 1. The first-order chi connectivity index (χ1) is 11.6. The van der Waals surface area contributed by atoms with Crippen LogP contribution in [0.3, 0.4) is 0 Å². The average molecular weight is 461 g/mol. The van der Waals surface area contributed by atoms with Crippen LogP contribution in [0, 0.1) is 6.92 Å². The minimum atomic E-state index is 0. The molecule has 140 valence electrons. The second-order valence-electron chi connectivity index (χ2n) is 6.70. The van der Waals surface area contributed by atoms with Gasteiger partial charge in [0.2, 0.25) is 5.91 Å². The molecular weight excluding hydrogens is 433 g/mol. The van der Waals surface area contributed by atoms with Gasteiger partial charge in [0.05, 0.1) is 0 Å². The third kappa shape index (κ3) is 5.55. The summed E-state index contributed by atoms with van der Waals surface area (Å²) < 4.78 is 1.96. The van der Waals surface area contributed by atoms with Crippen LogP contribution in [0.25, 0.3) is 0 Å². The molecule has 0 radical (unpaired) electrons. The Balaban J connectivity index is 0.00000225. The Hall–Kier alpha value is -1.39. The van der Waals surface area contributed by atoms with Crippen LogP contribution in [-0.2, 0) is 18.4 Å². The van der Waals surface area contributed by atoms with Gasteiger partial charge in [-0.2, -0.15) is 0 Å². The van der Waals surface area contributed by atoms with Crippen LogP contribution in [0.15, 0.2) is 4.99 Å². The molecule has 0 bridgehead atoms. The van der Waals surface area contributed by atoms with Crippen LogP contribution in [0.4, 0.5) is 0 Å². The normalized spacial score (nSPS) is 21.6. The lowest BCUT2D eigenvalue weighted by Crippen LogP contribution is -2.52. The van der Waals surface area contributed by atoms with Gasteiger partial charge in [-0.05, 0) is 26.2 Å². The molecule has 0 spiro atoms. The molecule has 3 N–H and O–H groups in total. The highest BCUT2D eigenvalue weighted by Crippen LogP contribution is 2.17. The Morgan fingerprint density at radius 1 is 1.24 bits per heavy atom. The van der Waals surface area contributed by atoms with Crippen molar-refractivity contribution in [3.8, 4) is 0 Å². The molecule has 2 heterocycles. The molecule has 1 saturated heterocycles. The summed E-state index contributed by atoms with van der Waals surface area (Å²) in [5, 5.41) is 18.2. The van der Waals surface area contributed by atoms with Crippen molar-refractivity contribution in [3.63, 3.8) is 0 Å². The molecule has 1 aliphatic heterocycles. The first-order valence-corrected chi connectivity index (χ1v) is 8.81. The van der Waals surface area contributed by atoms with E-state index in [-0.39, 0.29) is 35.9 Å². The Bertz CT molecular complexity index is 600. The smallest absolute Gasteiger partial charge is 0.220 e. The van der Waals surface area contributed by atoms with Crippen molar-refractivity contribution < 1.29 is 4.79 Å². The highest BCUT2D eigenvalue weighted by molar-refractivity contribution is 14.0. The third-order valence-electron chi connectivity index (χ3n) is 4.86. The van der Waals surface area contributed by atoms with Crippen LogP contribution in [0.2, 0.25) is 0 Å². The van der Waals surface area contributed by atoms with Gasteiger partial charge in [0.1, 0.15) is 12.4 Å².